The summed E-state index contributed by atoms with van der Waals surface area (Å²) < 4.78 is 5.19. The topological polar surface area (TPSA) is 78.9 Å². The highest BCUT2D eigenvalue weighted by atomic mass is 35.5. The minimum atomic E-state index is -0.909. The van der Waals surface area contributed by atoms with Crippen LogP contribution in [0.4, 0.5) is 0 Å². The van der Waals surface area contributed by atoms with Gasteiger partial charge in [-0.15, -0.1) is 0 Å². The molecule has 2 aromatic carbocycles. The second-order valence-corrected chi connectivity index (χ2v) is 6.86. The van der Waals surface area contributed by atoms with E-state index < -0.39 is 5.97 Å². The first-order valence-electron chi connectivity index (χ1n) is 8.90. The highest BCUT2D eigenvalue weighted by molar-refractivity contribution is 6.30. The largest absolute Gasteiger partial charge is 0.497 e. The van der Waals surface area contributed by atoms with E-state index in [1.807, 2.05) is 42.5 Å². The molecule has 28 heavy (non-hydrogen) atoms. The minimum absolute atomic E-state index is 0.0377. The summed E-state index contributed by atoms with van der Waals surface area (Å²) in [6, 6.07) is 14.5. The van der Waals surface area contributed by atoms with Gasteiger partial charge in [0.15, 0.2) is 0 Å². The van der Waals surface area contributed by atoms with Crippen molar-refractivity contribution >= 4 is 29.2 Å². The normalized spacial score (nSPS) is 15.7. The molecule has 3 rings (SSSR count). The van der Waals surface area contributed by atoms with E-state index in [9.17, 15) is 9.59 Å². The summed E-state index contributed by atoms with van der Waals surface area (Å²) in [6.45, 7) is 0. The number of benzene rings is 2. The molecule has 0 unspecified atom stereocenters. The Hall–Kier alpha value is -2.99. The number of carbonyl (C=O) groups excluding carboxylic acids is 1. The molecule has 0 aromatic heterocycles. The molecular weight excluding hydrogens is 380 g/mol. The highest BCUT2D eigenvalue weighted by Crippen LogP contribution is 2.33. The molecule has 2 aromatic rings. The Morgan fingerprint density at radius 1 is 1.11 bits per heavy atom. The van der Waals surface area contributed by atoms with Crippen LogP contribution in [0.2, 0.25) is 5.02 Å². The number of carboxylic acids is 1. The zero-order valence-electron chi connectivity index (χ0n) is 15.4. The van der Waals surface area contributed by atoms with Crippen molar-refractivity contribution in [2.24, 2.45) is 0 Å². The molecule has 146 valence electrons. The molecule has 6 nitrogen and oxygen atoms in total. The zero-order chi connectivity index (χ0) is 20.1. The summed E-state index contributed by atoms with van der Waals surface area (Å²) in [7, 11) is 1.61. The van der Waals surface area contributed by atoms with Crippen LogP contribution < -0.4 is 10.2 Å². The molecule has 1 aliphatic rings. The Bertz CT molecular complexity index is 878. The minimum Gasteiger partial charge on any atom is -0.497 e. The van der Waals surface area contributed by atoms with Crippen LogP contribution in [0.3, 0.4) is 0 Å². The third-order valence-electron chi connectivity index (χ3n) is 4.51. The lowest BCUT2D eigenvalue weighted by Crippen LogP contribution is -2.39. The number of nitrogens with one attached hydrogen (secondary N) is 1. The van der Waals surface area contributed by atoms with Crippen LogP contribution in [0.25, 0.3) is 5.70 Å². The van der Waals surface area contributed by atoms with Gasteiger partial charge in [0, 0.05) is 17.9 Å². The number of hydrogen-bond donors (Lipinski definition) is 2. The average molecular weight is 401 g/mol. The Morgan fingerprint density at radius 2 is 1.79 bits per heavy atom. The van der Waals surface area contributed by atoms with Gasteiger partial charge in [0.25, 0.3) is 0 Å². The summed E-state index contributed by atoms with van der Waals surface area (Å²) in [6.07, 6.45) is 2.37. The SMILES string of the molecule is COc1ccc(C2=C[C@@H](c3ccc(Cl)cc3)N(C(=O)CCCC(=O)O)N2)cc1. The number of hydrazine groups is 1. The van der Waals surface area contributed by atoms with Crippen molar-refractivity contribution < 1.29 is 19.4 Å². The number of carboxylic acid groups (broad SMARTS) is 1. The molecule has 7 heteroatoms. The Labute approximate surface area is 168 Å². The maximum Gasteiger partial charge on any atom is 0.303 e. The van der Waals surface area contributed by atoms with Gasteiger partial charge in [0.05, 0.1) is 18.8 Å². The van der Waals surface area contributed by atoms with Crippen molar-refractivity contribution in [3.8, 4) is 5.75 Å². The number of amides is 1. The van der Waals surface area contributed by atoms with E-state index >= 15 is 0 Å². The summed E-state index contributed by atoms with van der Waals surface area (Å²) >= 11 is 5.99. The number of carbonyl (C=O) groups is 2. The molecule has 0 saturated heterocycles. The number of hydrogen-bond acceptors (Lipinski definition) is 4. The molecule has 1 amide bonds. The molecule has 0 bridgehead atoms. The molecule has 0 fully saturated rings. The van der Waals surface area contributed by atoms with Crippen molar-refractivity contribution in [1.29, 1.82) is 0 Å². The van der Waals surface area contributed by atoms with Crippen molar-refractivity contribution in [3.63, 3.8) is 0 Å². The van der Waals surface area contributed by atoms with E-state index in [2.05, 4.69) is 5.43 Å². The fourth-order valence-corrected chi connectivity index (χ4v) is 3.16. The van der Waals surface area contributed by atoms with E-state index in [0.29, 0.717) is 5.02 Å². The van der Waals surface area contributed by atoms with Gasteiger partial charge in [0.1, 0.15) is 5.75 Å². The molecule has 1 heterocycles. The lowest BCUT2D eigenvalue weighted by Gasteiger charge is -2.25. The predicted octanol–water partition coefficient (Wildman–Crippen LogP) is 4.03. The molecule has 0 saturated carbocycles. The van der Waals surface area contributed by atoms with Gasteiger partial charge in [-0.1, -0.05) is 23.7 Å². The van der Waals surface area contributed by atoms with E-state index in [1.165, 1.54) is 0 Å². The standard InChI is InChI=1S/C21H21ClN2O4/c1-28-17-11-7-14(8-12-17)18-13-19(15-5-9-16(22)10-6-15)24(23-18)20(25)3-2-4-21(26)27/h5-13,19,23H,2-4H2,1H3,(H,26,27)/t19-/m0/s1. The van der Waals surface area contributed by atoms with Gasteiger partial charge >= 0.3 is 5.97 Å². The second kappa shape index (κ2) is 8.80. The first-order valence-corrected chi connectivity index (χ1v) is 9.28. The van der Waals surface area contributed by atoms with Gasteiger partial charge < -0.3 is 9.84 Å². The van der Waals surface area contributed by atoms with Gasteiger partial charge in [-0.2, -0.15) is 0 Å². The molecule has 1 atom stereocenters. The Morgan fingerprint density at radius 3 is 2.39 bits per heavy atom. The maximum atomic E-state index is 12.7. The van der Waals surface area contributed by atoms with Gasteiger partial charge in [-0.25, -0.2) is 5.01 Å². The van der Waals surface area contributed by atoms with Crippen LogP contribution in [0.15, 0.2) is 54.6 Å². The van der Waals surface area contributed by atoms with Crippen LogP contribution >= 0.6 is 11.6 Å². The molecule has 0 aliphatic carbocycles. The van der Waals surface area contributed by atoms with Crippen molar-refractivity contribution in [1.82, 2.24) is 10.4 Å². The smallest absolute Gasteiger partial charge is 0.303 e. The van der Waals surface area contributed by atoms with E-state index in [1.54, 1.807) is 24.3 Å². The Balaban J connectivity index is 1.84. The molecule has 0 radical (unpaired) electrons. The fourth-order valence-electron chi connectivity index (χ4n) is 3.03. The van der Waals surface area contributed by atoms with Gasteiger partial charge in [-0.05, 0) is 60.0 Å². The molecule has 0 spiro atoms. The third-order valence-corrected chi connectivity index (χ3v) is 4.76. The second-order valence-electron chi connectivity index (χ2n) is 6.43. The number of methoxy groups -OCH3 is 1. The molecular formula is C21H21ClN2O4. The van der Waals surface area contributed by atoms with Crippen molar-refractivity contribution in [2.45, 2.75) is 25.3 Å². The average Bonchev–Trinajstić information content (AvgIpc) is 3.14. The quantitative estimate of drug-likeness (QED) is 0.733. The van der Waals surface area contributed by atoms with Crippen LogP contribution in [0, 0.1) is 0 Å². The molecule has 2 N–H and O–H groups in total. The summed E-state index contributed by atoms with van der Waals surface area (Å²) in [5.41, 5.74) is 5.80. The number of nitrogens with zero attached hydrogens (tertiary/aromatic N) is 1. The van der Waals surface area contributed by atoms with Gasteiger partial charge in [-0.3, -0.25) is 15.0 Å². The number of aliphatic carboxylic acids is 1. The van der Waals surface area contributed by atoms with Crippen LogP contribution in [0.1, 0.15) is 36.4 Å². The highest BCUT2D eigenvalue weighted by Gasteiger charge is 2.30. The van der Waals surface area contributed by atoms with E-state index in [-0.39, 0.29) is 31.2 Å². The van der Waals surface area contributed by atoms with Crippen LogP contribution in [-0.2, 0) is 9.59 Å². The monoisotopic (exact) mass is 400 g/mol. The lowest BCUT2D eigenvalue weighted by molar-refractivity contribution is -0.137. The number of rotatable bonds is 7. The van der Waals surface area contributed by atoms with Crippen molar-refractivity contribution in [2.75, 3.05) is 7.11 Å². The lowest BCUT2D eigenvalue weighted by atomic mass is 10.0. The summed E-state index contributed by atoms with van der Waals surface area (Å²) in [5.74, 6) is -0.326. The number of halogens is 1. The zero-order valence-corrected chi connectivity index (χ0v) is 16.1. The molecule has 1 aliphatic heterocycles. The first kappa shape index (κ1) is 19.8. The van der Waals surface area contributed by atoms with Crippen LogP contribution in [-0.4, -0.2) is 29.1 Å². The third kappa shape index (κ3) is 4.64. The predicted molar refractivity (Wildman–Crippen MR) is 107 cm³/mol. The Kier molecular flexibility index (Phi) is 6.21. The maximum absolute atomic E-state index is 12.7. The summed E-state index contributed by atoms with van der Waals surface area (Å²) in [5, 5.41) is 11.0. The van der Waals surface area contributed by atoms with Crippen molar-refractivity contribution in [3.05, 3.63) is 70.8 Å². The summed E-state index contributed by atoms with van der Waals surface area (Å²) in [4.78, 5) is 23.5. The van der Waals surface area contributed by atoms with E-state index in [4.69, 9.17) is 21.4 Å². The van der Waals surface area contributed by atoms with Gasteiger partial charge in [0.2, 0.25) is 5.91 Å². The fraction of sp³-hybridized carbons (Fsp3) is 0.238. The number of ether oxygens (including phenoxy) is 1. The first-order chi connectivity index (χ1) is 13.5. The van der Waals surface area contributed by atoms with E-state index in [0.717, 1.165) is 22.6 Å². The van der Waals surface area contributed by atoms with Crippen LogP contribution in [0.5, 0.6) is 5.75 Å².